The van der Waals surface area contributed by atoms with E-state index in [4.69, 9.17) is 0 Å². The molecule has 0 atom stereocenters. The van der Waals surface area contributed by atoms with Gasteiger partial charge in [0.05, 0.1) is 5.71 Å². The summed E-state index contributed by atoms with van der Waals surface area (Å²) < 4.78 is 0. The van der Waals surface area contributed by atoms with Crippen LogP contribution in [-0.4, -0.2) is 38.9 Å². The summed E-state index contributed by atoms with van der Waals surface area (Å²) in [5, 5.41) is 17.6. The molecule has 3 aromatic rings. The highest BCUT2D eigenvalue weighted by molar-refractivity contribution is 6.01. The van der Waals surface area contributed by atoms with Gasteiger partial charge in [-0.15, -0.1) is 0 Å². The van der Waals surface area contributed by atoms with Gasteiger partial charge in [-0.2, -0.15) is 20.1 Å². The Bertz CT molecular complexity index is 1000. The number of hydrogen-bond donors (Lipinski definition) is 3. The molecule has 1 aliphatic rings. The van der Waals surface area contributed by atoms with Crippen LogP contribution >= 0.6 is 0 Å². The van der Waals surface area contributed by atoms with Gasteiger partial charge in [-0.1, -0.05) is 30.3 Å². The van der Waals surface area contributed by atoms with Gasteiger partial charge in [0.15, 0.2) is 0 Å². The predicted octanol–water partition coefficient (Wildman–Crippen LogP) is 3.76. The fourth-order valence-electron chi connectivity index (χ4n) is 3.15. The number of aromatic hydroxyl groups is 1. The summed E-state index contributed by atoms with van der Waals surface area (Å²) in [6, 6.07) is 16.8. The largest absolute Gasteiger partial charge is 0.507 e. The van der Waals surface area contributed by atoms with Gasteiger partial charge in [-0.3, -0.25) is 0 Å². The van der Waals surface area contributed by atoms with Crippen molar-refractivity contribution in [2.45, 2.75) is 19.8 Å². The third-order valence-corrected chi connectivity index (χ3v) is 4.66. The number of phenols is 1. The van der Waals surface area contributed by atoms with Gasteiger partial charge >= 0.3 is 0 Å². The maximum absolute atomic E-state index is 10.0. The molecule has 1 fully saturated rings. The monoisotopic (exact) mass is 389 g/mol. The van der Waals surface area contributed by atoms with E-state index in [9.17, 15) is 5.11 Å². The zero-order chi connectivity index (χ0) is 20.1. The molecule has 2 heterocycles. The van der Waals surface area contributed by atoms with E-state index in [-0.39, 0.29) is 5.75 Å². The summed E-state index contributed by atoms with van der Waals surface area (Å²) in [7, 11) is 0. The summed E-state index contributed by atoms with van der Waals surface area (Å²) in [6.45, 7) is 3.66. The number of phenolic OH excluding ortho intramolecular Hbond substituents is 1. The van der Waals surface area contributed by atoms with Crippen molar-refractivity contribution in [1.29, 1.82) is 0 Å². The minimum absolute atomic E-state index is 0.176. The van der Waals surface area contributed by atoms with Crippen molar-refractivity contribution in [2.24, 2.45) is 5.10 Å². The summed E-state index contributed by atoms with van der Waals surface area (Å²) >= 11 is 0. The van der Waals surface area contributed by atoms with Gasteiger partial charge in [0.2, 0.25) is 17.8 Å². The van der Waals surface area contributed by atoms with Crippen molar-refractivity contribution in [3.05, 3.63) is 60.2 Å². The number of hydrazone groups is 1. The number of anilines is 4. The quantitative estimate of drug-likeness (QED) is 0.436. The number of hydrogen-bond acceptors (Lipinski definition) is 8. The Morgan fingerprint density at radius 1 is 0.931 bits per heavy atom. The zero-order valence-corrected chi connectivity index (χ0v) is 16.2. The van der Waals surface area contributed by atoms with Crippen LogP contribution in [0.25, 0.3) is 0 Å². The standard InChI is InChI=1S/C21H23N7O/c1-15(17-11-5-6-12-18(17)29)26-27-20-23-19(22-16-9-3-2-4-10-16)24-21(25-20)28-13-7-8-14-28/h2-6,9-12,29H,7-8,13-14H2,1H3,(H2,22,23,24,25,27)/b26-15-. The first kappa shape index (κ1) is 18.7. The molecule has 0 spiro atoms. The van der Waals surface area contributed by atoms with Crippen LogP contribution in [0.5, 0.6) is 5.75 Å². The Kier molecular flexibility index (Phi) is 5.51. The van der Waals surface area contributed by atoms with E-state index in [1.165, 1.54) is 0 Å². The van der Waals surface area contributed by atoms with E-state index >= 15 is 0 Å². The van der Waals surface area contributed by atoms with Gasteiger partial charge in [0.25, 0.3) is 0 Å². The smallest absolute Gasteiger partial charge is 0.250 e. The van der Waals surface area contributed by atoms with Crippen molar-refractivity contribution >= 4 is 29.2 Å². The Morgan fingerprint density at radius 2 is 1.62 bits per heavy atom. The lowest BCUT2D eigenvalue weighted by Crippen LogP contribution is -2.22. The van der Waals surface area contributed by atoms with E-state index in [0.29, 0.717) is 29.1 Å². The molecule has 1 aromatic heterocycles. The first-order valence-corrected chi connectivity index (χ1v) is 9.61. The molecule has 1 saturated heterocycles. The highest BCUT2D eigenvalue weighted by Gasteiger charge is 2.17. The van der Waals surface area contributed by atoms with Crippen LogP contribution in [-0.2, 0) is 0 Å². The fraction of sp³-hybridized carbons (Fsp3) is 0.238. The van der Waals surface area contributed by atoms with Crippen LogP contribution in [0.1, 0.15) is 25.3 Å². The molecule has 3 N–H and O–H groups in total. The lowest BCUT2D eigenvalue weighted by molar-refractivity contribution is 0.474. The first-order chi connectivity index (χ1) is 14.2. The topological polar surface area (TPSA) is 98.6 Å². The lowest BCUT2D eigenvalue weighted by Gasteiger charge is -2.16. The van der Waals surface area contributed by atoms with Crippen LogP contribution in [0.2, 0.25) is 0 Å². The lowest BCUT2D eigenvalue weighted by atomic mass is 10.1. The molecule has 2 aromatic carbocycles. The highest BCUT2D eigenvalue weighted by Crippen LogP contribution is 2.21. The average Bonchev–Trinajstić information content (AvgIpc) is 3.28. The number of aromatic nitrogens is 3. The molecule has 0 radical (unpaired) electrons. The van der Waals surface area contributed by atoms with Gasteiger partial charge in [-0.05, 0) is 44.0 Å². The Balaban J connectivity index is 1.61. The molecule has 148 valence electrons. The average molecular weight is 389 g/mol. The van der Waals surface area contributed by atoms with Crippen LogP contribution in [0, 0.1) is 0 Å². The van der Waals surface area contributed by atoms with E-state index in [0.717, 1.165) is 31.6 Å². The van der Waals surface area contributed by atoms with E-state index in [1.807, 2.05) is 43.3 Å². The molecule has 0 aliphatic carbocycles. The molecule has 29 heavy (non-hydrogen) atoms. The van der Waals surface area contributed by atoms with Gasteiger partial charge in [0, 0.05) is 24.3 Å². The van der Waals surface area contributed by atoms with E-state index in [1.54, 1.807) is 18.2 Å². The summed E-state index contributed by atoms with van der Waals surface area (Å²) in [4.78, 5) is 15.7. The van der Waals surface area contributed by atoms with Gasteiger partial charge < -0.3 is 15.3 Å². The van der Waals surface area contributed by atoms with Crippen molar-refractivity contribution in [3.8, 4) is 5.75 Å². The molecule has 0 amide bonds. The molecule has 4 rings (SSSR count). The van der Waals surface area contributed by atoms with Crippen LogP contribution in [0.4, 0.5) is 23.5 Å². The number of nitrogens with zero attached hydrogens (tertiary/aromatic N) is 5. The molecule has 0 unspecified atom stereocenters. The number of nitrogens with one attached hydrogen (secondary N) is 2. The maximum atomic E-state index is 10.0. The highest BCUT2D eigenvalue weighted by atomic mass is 16.3. The van der Waals surface area contributed by atoms with Crippen LogP contribution in [0.15, 0.2) is 59.7 Å². The number of para-hydroxylation sites is 2. The Morgan fingerprint density at radius 3 is 2.38 bits per heavy atom. The molecular formula is C21H23N7O. The third kappa shape index (κ3) is 4.60. The maximum Gasteiger partial charge on any atom is 0.250 e. The van der Waals surface area contributed by atoms with Crippen molar-refractivity contribution in [2.75, 3.05) is 28.7 Å². The van der Waals surface area contributed by atoms with Crippen molar-refractivity contribution < 1.29 is 5.11 Å². The predicted molar refractivity (Wildman–Crippen MR) is 115 cm³/mol. The summed E-state index contributed by atoms with van der Waals surface area (Å²) in [5.41, 5.74) is 5.08. The SMILES string of the molecule is C/C(=N/Nc1nc(Nc2ccccc2)nc(N2CCCC2)n1)c1ccccc1O. The minimum Gasteiger partial charge on any atom is -0.507 e. The number of benzene rings is 2. The molecular weight excluding hydrogens is 366 g/mol. The van der Waals surface area contributed by atoms with Crippen molar-refractivity contribution in [3.63, 3.8) is 0 Å². The van der Waals surface area contributed by atoms with Gasteiger partial charge in [-0.25, -0.2) is 5.43 Å². The Hall–Kier alpha value is -3.68. The second-order valence-corrected chi connectivity index (χ2v) is 6.79. The molecule has 8 nitrogen and oxygen atoms in total. The van der Waals surface area contributed by atoms with E-state index in [2.05, 4.69) is 35.7 Å². The molecule has 0 bridgehead atoms. The van der Waals surface area contributed by atoms with Crippen molar-refractivity contribution in [1.82, 2.24) is 15.0 Å². The fourth-order valence-corrected chi connectivity index (χ4v) is 3.15. The second-order valence-electron chi connectivity index (χ2n) is 6.79. The Labute approximate surface area is 169 Å². The number of rotatable bonds is 6. The molecule has 0 saturated carbocycles. The third-order valence-electron chi connectivity index (χ3n) is 4.66. The van der Waals surface area contributed by atoms with E-state index < -0.39 is 0 Å². The normalized spacial score (nSPS) is 14.1. The summed E-state index contributed by atoms with van der Waals surface area (Å²) in [5.74, 6) is 1.59. The molecule has 8 heteroatoms. The summed E-state index contributed by atoms with van der Waals surface area (Å²) in [6.07, 6.45) is 2.25. The van der Waals surface area contributed by atoms with Crippen LogP contribution in [0.3, 0.4) is 0 Å². The van der Waals surface area contributed by atoms with Gasteiger partial charge in [0.1, 0.15) is 5.75 Å². The second kappa shape index (κ2) is 8.55. The first-order valence-electron chi connectivity index (χ1n) is 9.61. The minimum atomic E-state index is 0.176. The van der Waals surface area contributed by atoms with Crippen LogP contribution < -0.4 is 15.6 Å². The zero-order valence-electron chi connectivity index (χ0n) is 16.2. The molecule has 1 aliphatic heterocycles.